The normalized spacial score (nSPS) is 18.5. The van der Waals surface area contributed by atoms with Gasteiger partial charge in [-0.15, -0.1) is 0 Å². The lowest BCUT2D eigenvalue weighted by atomic mass is 10.0. The summed E-state index contributed by atoms with van der Waals surface area (Å²) in [5.74, 6) is -5.25. The third-order valence-electron chi connectivity index (χ3n) is 4.81. The third kappa shape index (κ3) is 3.52. The minimum atomic E-state index is -1.65. The maximum atomic E-state index is 13.7. The number of anilines is 2. The SMILES string of the molecule is O=C(Nc1ccc(F)c(F)c1F)c1cnc(N2CCC3(CC2)OCCO3)nc1. The molecule has 28 heavy (non-hydrogen) atoms. The summed E-state index contributed by atoms with van der Waals surface area (Å²) in [5, 5.41) is 2.18. The molecule has 1 spiro atoms. The fraction of sp³-hybridized carbons (Fsp3) is 0.389. The Bertz CT molecular complexity index is 878. The third-order valence-corrected chi connectivity index (χ3v) is 4.81. The maximum absolute atomic E-state index is 13.7. The van der Waals surface area contributed by atoms with Gasteiger partial charge in [0.05, 0.1) is 24.5 Å². The second-order valence-electron chi connectivity index (χ2n) is 6.54. The Morgan fingerprint density at radius 1 is 1.04 bits per heavy atom. The molecule has 0 aliphatic carbocycles. The summed E-state index contributed by atoms with van der Waals surface area (Å²) in [7, 11) is 0. The van der Waals surface area contributed by atoms with Crippen LogP contribution in [0.2, 0.25) is 0 Å². The number of piperidine rings is 1. The van der Waals surface area contributed by atoms with Crippen molar-refractivity contribution in [3.63, 3.8) is 0 Å². The van der Waals surface area contributed by atoms with Crippen LogP contribution in [0.5, 0.6) is 0 Å². The van der Waals surface area contributed by atoms with Crippen LogP contribution in [-0.2, 0) is 9.47 Å². The number of nitrogens with zero attached hydrogens (tertiary/aromatic N) is 3. The lowest BCUT2D eigenvalue weighted by Crippen LogP contribution is -2.45. The van der Waals surface area contributed by atoms with Gasteiger partial charge in [-0.05, 0) is 12.1 Å². The van der Waals surface area contributed by atoms with Gasteiger partial charge < -0.3 is 19.7 Å². The van der Waals surface area contributed by atoms with E-state index in [1.54, 1.807) is 0 Å². The molecule has 1 aromatic carbocycles. The highest BCUT2D eigenvalue weighted by Crippen LogP contribution is 2.32. The van der Waals surface area contributed by atoms with E-state index in [2.05, 4.69) is 15.3 Å². The van der Waals surface area contributed by atoms with E-state index in [0.717, 1.165) is 12.1 Å². The molecule has 7 nitrogen and oxygen atoms in total. The van der Waals surface area contributed by atoms with Crippen molar-refractivity contribution in [2.24, 2.45) is 0 Å². The van der Waals surface area contributed by atoms with Gasteiger partial charge in [-0.1, -0.05) is 0 Å². The average molecular weight is 394 g/mol. The molecule has 3 heterocycles. The molecule has 2 aliphatic rings. The molecule has 2 aliphatic heterocycles. The number of halogens is 3. The van der Waals surface area contributed by atoms with Crippen molar-refractivity contribution >= 4 is 17.5 Å². The van der Waals surface area contributed by atoms with Crippen LogP contribution < -0.4 is 10.2 Å². The highest BCUT2D eigenvalue weighted by molar-refractivity contribution is 6.03. The molecule has 1 aromatic heterocycles. The highest BCUT2D eigenvalue weighted by Gasteiger charge is 2.40. The molecule has 0 atom stereocenters. The van der Waals surface area contributed by atoms with E-state index in [4.69, 9.17) is 9.47 Å². The van der Waals surface area contributed by atoms with Crippen molar-refractivity contribution in [3.8, 4) is 0 Å². The first-order valence-corrected chi connectivity index (χ1v) is 8.77. The Hall–Kier alpha value is -2.72. The van der Waals surface area contributed by atoms with Crippen molar-refractivity contribution < 1.29 is 27.4 Å². The van der Waals surface area contributed by atoms with Crippen LogP contribution in [0.4, 0.5) is 24.8 Å². The van der Waals surface area contributed by atoms with Gasteiger partial charge in [0.2, 0.25) is 5.95 Å². The van der Waals surface area contributed by atoms with E-state index in [1.165, 1.54) is 12.4 Å². The number of carbonyl (C=O) groups excluding carboxylic acids is 1. The van der Waals surface area contributed by atoms with Gasteiger partial charge >= 0.3 is 0 Å². The molecule has 1 N–H and O–H groups in total. The van der Waals surface area contributed by atoms with Gasteiger partial charge in [0.1, 0.15) is 0 Å². The lowest BCUT2D eigenvalue weighted by molar-refractivity contribution is -0.169. The van der Waals surface area contributed by atoms with Crippen LogP contribution in [0, 0.1) is 17.5 Å². The van der Waals surface area contributed by atoms with Crippen molar-refractivity contribution in [3.05, 3.63) is 47.5 Å². The standard InChI is InChI=1S/C18H17F3N4O3/c19-12-1-2-13(15(21)14(12)20)24-16(26)11-9-22-17(23-10-11)25-5-3-18(4-6-25)27-7-8-28-18/h1-2,9-10H,3-8H2,(H,24,26). The molecule has 0 unspecified atom stereocenters. The first-order chi connectivity index (χ1) is 13.5. The molecule has 2 saturated heterocycles. The summed E-state index contributed by atoms with van der Waals surface area (Å²) in [4.78, 5) is 22.5. The fourth-order valence-corrected chi connectivity index (χ4v) is 3.25. The number of ether oxygens (including phenoxy) is 2. The number of nitrogens with one attached hydrogen (secondary N) is 1. The van der Waals surface area contributed by atoms with Crippen LogP contribution in [0.1, 0.15) is 23.2 Å². The topological polar surface area (TPSA) is 76.6 Å². The number of benzene rings is 1. The summed E-state index contributed by atoms with van der Waals surface area (Å²) < 4.78 is 51.3. The van der Waals surface area contributed by atoms with Gasteiger partial charge in [-0.3, -0.25) is 4.79 Å². The number of rotatable bonds is 3. The molecule has 10 heteroatoms. The summed E-state index contributed by atoms with van der Waals surface area (Å²) in [5.41, 5.74) is -0.408. The second kappa shape index (κ2) is 7.36. The molecule has 0 saturated carbocycles. The molecular formula is C18H17F3N4O3. The number of carbonyl (C=O) groups is 1. The smallest absolute Gasteiger partial charge is 0.258 e. The van der Waals surface area contributed by atoms with E-state index in [-0.39, 0.29) is 5.56 Å². The van der Waals surface area contributed by atoms with Crippen LogP contribution in [-0.4, -0.2) is 48.0 Å². The van der Waals surface area contributed by atoms with Crippen LogP contribution >= 0.6 is 0 Å². The number of hydrogen-bond acceptors (Lipinski definition) is 6. The first-order valence-electron chi connectivity index (χ1n) is 8.77. The zero-order valence-corrected chi connectivity index (χ0v) is 14.8. The van der Waals surface area contributed by atoms with Crippen molar-refractivity contribution in [2.75, 3.05) is 36.5 Å². The van der Waals surface area contributed by atoms with Crippen LogP contribution in [0.3, 0.4) is 0 Å². The number of hydrogen-bond donors (Lipinski definition) is 1. The number of aromatic nitrogens is 2. The number of amides is 1. The van der Waals surface area contributed by atoms with Gasteiger partial charge in [0.15, 0.2) is 23.2 Å². The second-order valence-corrected chi connectivity index (χ2v) is 6.54. The average Bonchev–Trinajstić information content (AvgIpc) is 3.17. The van der Waals surface area contributed by atoms with Gasteiger partial charge in [0.25, 0.3) is 5.91 Å². The molecule has 0 bridgehead atoms. The Balaban J connectivity index is 1.40. The molecule has 2 fully saturated rings. The van der Waals surface area contributed by atoms with Gasteiger partial charge in [0, 0.05) is 38.3 Å². The van der Waals surface area contributed by atoms with Crippen LogP contribution in [0.25, 0.3) is 0 Å². The Kier molecular flexibility index (Phi) is 4.90. The minimum absolute atomic E-state index is 0.0591. The first kappa shape index (κ1) is 18.6. The minimum Gasteiger partial charge on any atom is -0.347 e. The van der Waals surface area contributed by atoms with Crippen molar-refractivity contribution in [1.82, 2.24) is 9.97 Å². The molecule has 4 rings (SSSR count). The maximum Gasteiger partial charge on any atom is 0.258 e. The van der Waals surface area contributed by atoms with E-state index < -0.39 is 34.8 Å². The van der Waals surface area contributed by atoms with E-state index in [0.29, 0.717) is 45.1 Å². The fourth-order valence-electron chi connectivity index (χ4n) is 3.25. The Labute approximate surface area is 158 Å². The zero-order valence-electron chi connectivity index (χ0n) is 14.8. The van der Waals surface area contributed by atoms with E-state index >= 15 is 0 Å². The molecule has 148 valence electrons. The largest absolute Gasteiger partial charge is 0.347 e. The van der Waals surface area contributed by atoms with Gasteiger partial charge in [-0.2, -0.15) is 0 Å². The van der Waals surface area contributed by atoms with Crippen LogP contribution in [0.15, 0.2) is 24.5 Å². The highest BCUT2D eigenvalue weighted by atomic mass is 19.2. The summed E-state index contributed by atoms with van der Waals surface area (Å²) >= 11 is 0. The molecular weight excluding hydrogens is 377 g/mol. The zero-order chi connectivity index (χ0) is 19.7. The van der Waals surface area contributed by atoms with Crippen molar-refractivity contribution in [1.29, 1.82) is 0 Å². The predicted molar refractivity (Wildman–Crippen MR) is 92.4 cm³/mol. The summed E-state index contributed by atoms with van der Waals surface area (Å²) in [6.45, 7) is 2.48. The molecule has 1 amide bonds. The summed E-state index contributed by atoms with van der Waals surface area (Å²) in [6, 6.07) is 1.67. The van der Waals surface area contributed by atoms with E-state index in [9.17, 15) is 18.0 Å². The Morgan fingerprint density at radius 2 is 1.68 bits per heavy atom. The molecule has 0 radical (unpaired) electrons. The van der Waals surface area contributed by atoms with Crippen molar-refractivity contribution in [2.45, 2.75) is 18.6 Å². The monoisotopic (exact) mass is 394 g/mol. The molecule has 2 aromatic rings. The van der Waals surface area contributed by atoms with E-state index in [1.807, 2.05) is 4.90 Å². The lowest BCUT2D eigenvalue weighted by Gasteiger charge is -2.37. The quantitative estimate of drug-likeness (QED) is 0.807. The van der Waals surface area contributed by atoms with Gasteiger partial charge in [-0.25, -0.2) is 23.1 Å². The summed E-state index contributed by atoms with van der Waals surface area (Å²) in [6.07, 6.45) is 3.97. The predicted octanol–water partition coefficient (Wildman–Crippen LogP) is 2.49. The Morgan fingerprint density at radius 3 is 2.32 bits per heavy atom.